The Balaban J connectivity index is 0.00000441. The van der Waals surface area contributed by atoms with E-state index in [1.165, 1.54) is 5.56 Å². The Kier molecular flexibility index (Phi) is 13.0. The summed E-state index contributed by atoms with van der Waals surface area (Å²) in [5.41, 5.74) is 1.39. The standard InChI is InChI=1S/C18H29N3.HI/c1-4-6-10-16-21(3)18(19-5-2)20-15-11-14-17-12-8-7-9-13-17;/h4,7-9,12-13H,1,5-6,10-11,14-16H2,2-3H3,(H,19,20);1H. The topological polar surface area (TPSA) is 27.6 Å². The lowest BCUT2D eigenvalue weighted by atomic mass is 10.1. The number of nitrogens with zero attached hydrogens (tertiary/aromatic N) is 2. The molecule has 22 heavy (non-hydrogen) atoms. The van der Waals surface area contributed by atoms with Crippen molar-refractivity contribution in [2.24, 2.45) is 4.99 Å². The Morgan fingerprint density at radius 3 is 2.64 bits per heavy atom. The fraction of sp³-hybridized carbons (Fsp3) is 0.500. The molecule has 0 aromatic heterocycles. The van der Waals surface area contributed by atoms with E-state index < -0.39 is 0 Å². The molecule has 0 saturated carbocycles. The second-order valence-electron chi connectivity index (χ2n) is 5.18. The van der Waals surface area contributed by atoms with Crippen LogP contribution in [-0.2, 0) is 6.42 Å². The van der Waals surface area contributed by atoms with Gasteiger partial charge in [-0.15, -0.1) is 30.6 Å². The average molecular weight is 415 g/mol. The van der Waals surface area contributed by atoms with E-state index in [2.05, 4.69) is 61.1 Å². The maximum absolute atomic E-state index is 4.71. The normalized spacial score (nSPS) is 10.7. The molecule has 1 aromatic carbocycles. The van der Waals surface area contributed by atoms with Crippen molar-refractivity contribution in [1.29, 1.82) is 0 Å². The van der Waals surface area contributed by atoms with Gasteiger partial charge in [-0.3, -0.25) is 4.99 Å². The highest BCUT2D eigenvalue weighted by Crippen LogP contribution is 2.02. The van der Waals surface area contributed by atoms with Gasteiger partial charge in [-0.2, -0.15) is 0 Å². The van der Waals surface area contributed by atoms with Crippen molar-refractivity contribution in [3.63, 3.8) is 0 Å². The first-order chi connectivity index (χ1) is 10.3. The van der Waals surface area contributed by atoms with Crippen LogP contribution in [0.15, 0.2) is 48.0 Å². The quantitative estimate of drug-likeness (QED) is 0.216. The second kappa shape index (κ2) is 13.6. The van der Waals surface area contributed by atoms with Crippen LogP contribution in [0.2, 0.25) is 0 Å². The van der Waals surface area contributed by atoms with Crippen LogP contribution in [0, 0.1) is 0 Å². The van der Waals surface area contributed by atoms with E-state index in [-0.39, 0.29) is 24.0 Å². The molecule has 0 unspecified atom stereocenters. The molecule has 0 amide bonds. The minimum absolute atomic E-state index is 0. The first-order valence-corrected chi connectivity index (χ1v) is 7.92. The highest BCUT2D eigenvalue weighted by atomic mass is 127. The second-order valence-corrected chi connectivity index (χ2v) is 5.18. The Morgan fingerprint density at radius 1 is 1.27 bits per heavy atom. The molecule has 0 bridgehead atoms. The van der Waals surface area contributed by atoms with Gasteiger partial charge in [0.25, 0.3) is 0 Å². The van der Waals surface area contributed by atoms with Crippen LogP contribution in [0.5, 0.6) is 0 Å². The molecule has 1 rings (SSSR count). The minimum Gasteiger partial charge on any atom is -0.357 e. The molecular formula is C18H30IN3. The van der Waals surface area contributed by atoms with Crippen molar-refractivity contribution in [3.8, 4) is 0 Å². The fourth-order valence-electron chi connectivity index (χ4n) is 2.16. The molecule has 0 atom stereocenters. The zero-order valence-corrected chi connectivity index (χ0v) is 16.3. The zero-order valence-electron chi connectivity index (χ0n) is 13.9. The highest BCUT2D eigenvalue weighted by Gasteiger charge is 2.04. The zero-order chi connectivity index (χ0) is 15.3. The summed E-state index contributed by atoms with van der Waals surface area (Å²) < 4.78 is 0. The van der Waals surface area contributed by atoms with Crippen molar-refractivity contribution < 1.29 is 0 Å². The Labute approximate surface area is 152 Å². The molecule has 0 aliphatic carbocycles. The largest absolute Gasteiger partial charge is 0.357 e. The molecule has 4 heteroatoms. The summed E-state index contributed by atoms with van der Waals surface area (Å²) in [6.45, 7) is 8.65. The third-order valence-corrected chi connectivity index (χ3v) is 3.33. The average Bonchev–Trinajstić information content (AvgIpc) is 2.51. The molecule has 0 heterocycles. The van der Waals surface area contributed by atoms with E-state index in [0.29, 0.717) is 0 Å². The summed E-state index contributed by atoms with van der Waals surface area (Å²) in [6, 6.07) is 10.6. The summed E-state index contributed by atoms with van der Waals surface area (Å²) >= 11 is 0. The molecule has 1 aromatic rings. The molecular weight excluding hydrogens is 385 g/mol. The van der Waals surface area contributed by atoms with Crippen molar-refractivity contribution in [3.05, 3.63) is 48.6 Å². The maximum atomic E-state index is 4.71. The maximum Gasteiger partial charge on any atom is 0.193 e. The third-order valence-electron chi connectivity index (χ3n) is 3.33. The van der Waals surface area contributed by atoms with Gasteiger partial charge in [0.1, 0.15) is 0 Å². The lowest BCUT2D eigenvalue weighted by Gasteiger charge is -2.21. The Hall–Kier alpha value is -1.04. The SMILES string of the molecule is C=CCCCN(C)C(=NCCCc1ccccc1)NCC.I. The number of nitrogens with one attached hydrogen (secondary N) is 1. The molecule has 0 spiro atoms. The van der Waals surface area contributed by atoms with Gasteiger partial charge in [-0.05, 0) is 38.2 Å². The predicted molar refractivity (Wildman–Crippen MR) is 108 cm³/mol. The number of benzene rings is 1. The van der Waals surface area contributed by atoms with Gasteiger partial charge in [0, 0.05) is 26.7 Å². The molecule has 0 aliphatic heterocycles. The summed E-state index contributed by atoms with van der Waals surface area (Å²) in [5, 5.41) is 3.36. The highest BCUT2D eigenvalue weighted by molar-refractivity contribution is 14.0. The van der Waals surface area contributed by atoms with E-state index in [0.717, 1.165) is 51.3 Å². The van der Waals surface area contributed by atoms with Gasteiger partial charge in [-0.1, -0.05) is 36.4 Å². The number of allylic oxidation sites excluding steroid dienone is 1. The van der Waals surface area contributed by atoms with Crippen molar-refractivity contribution in [2.75, 3.05) is 26.7 Å². The van der Waals surface area contributed by atoms with Crippen LogP contribution in [0.4, 0.5) is 0 Å². The van der Waals surface area contributed by atoms with Gasteiger partial charge in [-0.25, -0.2) is 0 Å². The number of unbranched alkanes of at least 4 members (excludes halogenated alkanes) is 1. The number of guanidine groups is 1. The first kappa shape index (κ1) is 21.0. The Morgan fingerprint density at radius 2 is 2.00 bits per heavy atom. The number of aryl methyl sites for hydroxylation is 1. The van der Waals surface area contributed by atoms with Crippen molar-refractivity contribution >= 4 is 29.9 Å². The van der Waals surface area contributed by atoms with Crippen LogP contribution < -0.4 is 5.32 Å². The smallest absolute Gasteiger partial charge is 0.193 e. The third kappa shape index (κ3) is 9.07. The molecule has 1 N–H and O–H groups in total. The molecule has 124 valence electrons. The molecule has 0 fully saturated rings. The lowest BCUT2D eigenvalue weighted by molar-refractivity contribution is 0.470. The van der Waals surface area contributed by atoms with E-state index in [9.17, 15) is 0 Å². The van der Waals surface area contributed by atoms with Gasteiger partial charge < -0.3 is 10.2 Å². The van der Waals surface area contributed by atoms with Crippen LogP contribution in [-0.4, -0.2) is 37.5 Å². The Bertz CT molecular complexity index is 418. The number of halogens is 1. The number of hydrogen-bond acceptors (Lipinski definition) is 1. The van der Waals surface area contributed by atoms with Crippen LogP contribution in [0.3, 0.4) is 0 Å². The van der Waals surface area contributed by atoms with Gasteiger partial charge >= 0.3 is 0 Å². The molecule has 0 aliphatic rings. The van der Waals surface area contributed by atoms with E-state index >= 15 is 0 Å². The van der Waals surface area contributed by atoms with Gasteiger partial charge in [0.2, 0.25) is 0 Å². The van der Waals surface area contributed by atoms with E-state index in [1.54, 1.807) is 0 Å². The fourth-order valence-corrected chi connectivity index (χ4v) is 2.16. The van der Waals surface area contributed by atoms with Crippen LogP contribution in [0.1, 0.15) is 31.7 Å². The van der Waals surface area contributed by atoms with Crippen molar-refractivity contribution in [2.45, 2.75) is 32.6 Å². The summed E-state index contributed by atoms with van der Waals surface area (Å²) in [7, 11) is 2.10. The molecule has 3 nitrogen and oxygen atoms in total. The molecule has 0 radical (unpaired) electrons. The van der Waals surface area contributed by atoms with Gasteiger partial charge in [0.05, 0.1) is 0 Å². The molecule has 0 saturated heterocycles. The minimum atomic E-state index is 0. The number of aliphatic imine (C=N–C) groups is 1. The lowest BCUT2D eigenvalue weighted by Crippen LogP contribution is -2.39. The van der Waals surface area contributed by atoms with E-state index in [1.807, 2.05) is 6.08 Å². The van der Waals surface area contributed by atoms with Crippen LogP contribution >= 0.6 is 24.0 Å². The van der Waals surface area contributed by atoms with E-state index in [4.69, 9.17) is 4.99 Å². The summed E-state index contributed by atoms with van der Waals surface area (Å²) in [6.07, 6.45) is 6.31. The number of hydrogen-bond donors (Lipinski definition) is 1. The monoisotopic (exact) mass is 415 g/mol. The summed E-state index contributed by atoms with van der Waals surface area (Å²) in [5.74, 6) is 1.01. The van der Waals surface area contributed by atoms with Crippen molar-refractivity contribution in [1.82, 2.24) is 10.2 Å². The predicted octanol–water partition coefficient (Wildman–Crippen LogP) is 4.10. The van der Waals surface area contributed by atoms with Crippen LogP contribution in [0.25, 0.3) is 0 Å². The van der Waals surface area contributed by atoms with Gasteiger partial charge in [0.15, 0.2) is 5.96 Å². The summed E-state index contributed by atoms with van der Waals surface area (Å²) in [4.78, 5) is 6.92. The first-order valence-electron chi connectivity index (χ1n) is 7.92. The number of rotatable bonds is 9.